The molecule has 12 nitrogen and oxygen atoms in total. The number of carbonyl (C=O) groups excluding carboxylic acids is 2. The van der Waals surface area contributed by atoms with Gasteiger partial charge in [0, 0.05) is 18.2 Å². The first-order chi connectivity index (χ1) is 18.0. The smallest absolute Gasteiger partial charge is 0.340 e. The third-order valence-electron chi connectivity index (χ3n) is 6.32. The third kappa shape index (κ3) is 4.51. The predicted molar refractivity (Wildman–Crippen MR) is 129 cm³/mol. The first kappa shape index (κ1) is 22.5. The minimum atomic E-state index is -0.427. The van der Waals surface area contributed by atoms with Crippen LogP contribution in [0.3, 0.4) is 0 Å². The van der Waals surface area contributed by atoms with Crippen LogP contribution < -0.4 is 25.8 Å². The molecule has 4 N–H and O–H groups in total. The molecule has 3 heterocycles. The summed E-state index contributed by atoms with van der Waals surface area (Å²) < 4.78 is 10.7. The molecule has 2 aliphatic rings. The van der Waals surface area contributed by atoms with Crippen LogP contribution in [-0.2, 0) is 13.0 Å². The molecule has 1 aliphatic carbocycles. The zero-order valence-electron chi connectivity index (χ0n) is 19.4. The van der Waals surface area contributed by atoms with Crippen LogP contribution in [0.15, 0.2) is 53.6 Å². The number of hydrogen-bond acceptors (Lipinski definition) is 8. The molecule has 1 aliphatic heterocycles. The molecule has 2 amide bonds. The molecule has 37 heavy (non-hydrogen) atoms. The van der Waals surface area contributed by atoms with Crippen molar-refractivity contribution in [1.82, 2.24) is 35.8 Å². The van der Waals surface area contributed by atoms with E-state index in [1.165, 1.54) is 12.4 Å². The molecule has 1 atom stereocenters. The number of rotatable bonds is 6. The number of carbonyl (C=O) groups is 2. The van der Waals surface area contributed by atoms with E-state index >= 15 is 0 Å². The molecule has 186 valence electrons. The van der Waals surface area contributed by atoms with Crippen LogP contribution in [0.1, 0.15) is 50.1 Å². The fraction of sp³-hybridized carbons (Fsp3) is 0.200. The number of fused-ring (bicyclic) bond motifs is 2. The summed E-state index contributed by atoms with van der Waals surface area (Å²) in [5, 5.41) is 12.1. The minimum absolute atomic E-state index is 0.0883. The van der Waals surface area contributed by atoms with Gasteiger partial charge in [-0.05, 0) is 47.7 Å². The zero-order valence-corrected chi connectivity index (χ0v) is 19.4. The Labute approximate surface area is 209 Å². The third-order valence-corrected chi connectivity index (χ3v) is 6.32. The summed E-state index contributed by atoms with van der Waals surface area (Å²) in [7, 11) is 0. The monoisotopic (exact) mass is 499 g/mol. The number of aromatic nitrogens is 5. The number of aromatic amines is 2. The van der Waals surface area contributed by atoms with Crippen LogP contribution in [-0.4, -0.2) is 43.8 Å². The second-order valence-corrected chi connectivity index (χ2v) is 8.66. The maximum Gasteiger partial charge on any atom is 0.340 e. The van der Waals surface area contributed by atoms with E-state index in [2.05, 4.69) is 35.8 Å². The molecule has 0 saturated heterocycles. The van der Waals surface area contributed by atoms with E-state index in [9.17, 15) is 14.4 Å². The lowest BCUT2D eigenvalue weighted by atomic mass is 10.0. The summed E-state index contributed by atoms with van der Waals surface area (Å²) in [5.74, 6) is 0.940. The number of nitrogens with zero attached hydrogens (tertiary/aromatic N) is 3. The molecule has 0 spiro atoms. The number of nitrogens with one attached hydrogen (secondary N) is 4. The van der Waals surface area contributed by atoms with Crippen molar-refractivity contribution in [2.75, 3.05) is 6.79 Å². The lowest BCUT2D eigenvalue weighted by molar-refractivity contribution is 0.0931. The highest BCUT2D eigenvalue weighted by Gasteiger charge is 2.26. The number of H-pyrrole nitrogens is 2. The molecular formula is C25H21N7O5. The SMILES string of the molecule is O=C(NCc1ccc2c(c1)OCO2)c1cc(C(=O)N[C@H]2CCc3cc(-c4n[nH]c(=O)[nH]4)ccc32)ncn1. The van der Waals surface area contributed by atoms with Crippen LogP contribution in [0, 0.1) is 0 Å². The Balaban J connectivity index is 1.11. The summed E-state index contributed by atoms with van der Waals surface area (Å²) in [6.45, 7) is 0.436. The fourth-order valence-corrected chi connectivity index (χ4v) is 4.48. The van der Waals surface area contributed by atoms with Gasteiger partial charge in [-0.1, -0.05) is 18.2 Å². The van der Waals surface area contributed by atoms with Crippen LogP contribution in [0.5, 0.6) is 11.5 Å². The summed E-state index contributed by atoms with van der Waals surface area (Å²) in [6, 6.07) is 12.3. The zero-order chi connectivity index (χ0) is 25.4. The van der Waals surface area contributed by atoms with Gasteiger partial charge in [0.1, 0.15) is 17.7 Å². The maximum absolute atomic E-state index is 13.0. The van der Waals surface area contributed by atoms with Gasteiger partial charge in [-0.3, -0.25) is 14.6 Å². The Morgan fingerprint density at radius 3 is 2.68 bits per heavy atom. The minimum Gasteiger partial charge on any atom is -0.454 e. The molecule has 0 fully saturated rings. The number of ether oxygens (including phenoxy) is 2. The van der Waals surface area contributed by atoms with Gasteiger partial charge in [0.15, 0.2) is 17.3 Å². The quantitative estimate of drug-likeness (QED) is 0.311. The van der Waals surface area contributed by atoms with Gasteiger partial charge in [-0.25, -0.2) is 19.9 Å². The second kappa shape index (κ2) is 9.22. The first-order valence-corrected chi connectivity index (χ1v) is 11.6. The van der Waals surface area contributed by atoms with E-state index in [4.69, 9.17) is 9.47 Å². The Hall–Kier alpha value is -5.00. The van der Waals surface area contributed by atoms with E-state index in [1.807, 2.05) is 24.3 Å². The molecule has 2 aromatic heterocycles. The van der Waals surface area contributed by atoms with Crippen molar-refractivity contribution >= 4 is 11.8 Å². The normalized spacial score (nSPS) is 15.3. The summed E-state index contributed by atoms with van der Waals surface area (Å²) in [4.78, 5) is 47.7. The van der Waals surface area contributed by atoms with Gasteiger partial charge < -0.3 is 20.1 Å². The molecular weight excluding hydrogens is 478 g/mol. The summed E-state index contributed by atoms with van der Waals surface area (Å²) in [6.07, 6.45) is 2.68. The van der Waals surface area contributed by atoms with Gasteiger partial charge in [0.05, 0.1) is 6.04 Å². The van der Waals surface area contributed by atoms with Crippen LogP contribution in [0.25, 0.3) is 11.4 Å². The van der Waals surface area contributed by atoms with E-state index < -0.39 is 11.8 Å². The average molecular weight is 499 g/mol. The Bertz CT molecular complexity index is 1580. The molecule has 4 aromatic rings. The van der Waals surface area contributed by atoms with Crippen LogP contribution in [0.4, 0.5) is 0 Å². The molecule has 12 heteroatoms. The van der Waals surface area contributed by atoms with Crippen molar-refractivity contribution in [1.29, 1.82) is 0 Å². The topological polar surface area (TPSA) is 164 Å². The van der Waals surface area contributed by atoms with Crippen LogP contribution >= 0.6 is 0 Å². The van der Waals surface area contributed by atoms with E-state index in [0.717, 1.165) is 35.1 Å². The first-order valence-electron chi connectivity index (χ1n) is 11.6. The second-order valence-electron chi connectivity index (χ2n) is 8.66. The fourth-order valence-electron chi connectivity index (χ4n) is 4.48. The van der Waals surface area contributed by atoms with Crippen molar-refractivity contribution < 1.29 is 19.1 Å². The van der Waals surface area contributed by atoms with E-state index in [-0.39, 0.29) is 36.5 Å². The largest absolute Gasteiger partial charge is 0.454 e. The summed E-state index contributed by atoms with van der Waals surface area (Å²) in [5.41, 5.74) is 3.51. The molecule has 0 unspecified atom stereocenters. The molecule has 0 radical (unpaired) electrons. The standard InChI is InChI=1S/C25H21N7O5/c33-23(26-10-13-1-6-20-21(7-13)37-12-36-20)18-9-19(28-11-27-18)24(34)29-17-5-3-14-8-15(2-4-16(14)17)22-30-25(35)32-31-22/h1-2,4,6-9,11,17H,3,5,10,12H2,(H,26,33)(H,29,34)(H2,30,31,32,35)/t17-/m0/s1. The van der Waals surface area contributed by atoms with Gasteiger partial charge >= 0.3 is 5.69 Å². The molecule has 2 aromatic carbocycles. The number of aryl methyl sites for hydroxylation is 1. The van der Waals surface area contributed by atoms with Gasteiger partial charge in [0.25, 0.3) is 11.8 Å². The number of amides is 2. The maximum atomic E-state index is 13.0. The van der Waals surface area contributed by atoms with Crippen molar-refractivity contribution in [3.05, 3.63) is 87.4 Å². The molecule has 0 saturated carbocycles. The predicted octanol–water partition coefficient (Wildman–Crippen LogP) is 1.63. The van der Waals surface area contributed by atoms with Gasteiger partial charge in [-0.15, -0.1) is 0 Å². The van der Waals surface area contributed by atoms with Crippen LogP contribution in [0.2, 0.25) is 0 Å². The average Bonchev–Trinajstić information content (AvgIpc) is 3.67. The Morgan fingerprint density at radius 2 is 1.84 bits per heavy atom. The highest BCUT2D eigenvalue weighted by molar-refractivity contribution is 5.97. The van der Waals surface area contributed by atoms with Crippen molar-refractivity contribution in [3.63, 3.8) is 0 Å². The number of benzene rings is 2. The number of hydrogen-bond donors (Lipinski definition) is 4. The van der Waals surface area contributed by atoms with Gasteiger partial charge in [0.2, 0.25) is 6.79 Å². The van der Waals surface area contributed by atoms with Crippen molar-refractivity contribution in [3.8, 4) is 22.9 Å². The molecule has 0 bridgehead atoms. The van der Waals surface area contributed by atoms with E-state index in [1.54, 1.807) is 12.1 Å². The summed E-state index contributed by atoms with van der Waals surface area (Å²) >= 11 is 0. The van der Waals surface area contributed by atoms with Gasteiger partial charge in [-0.2, -0.15) is 5.10 Å². The van der Waals surface area contributed by atoms with Crippen molar-refractivity contribution in [2.24, 2.45) is 0 Å². The highest BCUT2D eigenvalue weighted by atomic mass is 16.7. The Morgan fingerprint density at radius 1 is 1.00 bits per heavy atom. The lowest BCUT2D eigenvalue weighted by Crippen LogP contribution is -2.29. The van der Waals surface area contributed by atoms with E-state index in [0.29, 0.717) is 17.3 Å². The lowest BCUT2D eigenvalue weighted by Gasteiger charge is -2.14. The Kier molecular flexibility index (Phi) is 5.60. The highest BCUT2D eigenvalue weighted by Crippen LogP contribution is 2.34. The molecule has 6 rings (SSSR count). The van der Waals surface area contributed by atoms with Crippen molar-refractivity contribution in [2.45, 2.75) is 25.4 Å².